The molecular formula is C16H17N3O2. The zero-order chi connectivity index (χ0) is 15.0. The van der Waals surface area contributed by atoms with Crippen molar-refractivity contribution in [3.63, 3.8) is 0 Å². The molecule has 1 amide bonds. The van der Waals surface area contributed by atoms with Crippen molar-refractivity contribution in [1.82, 2.24) is 9.88 Å². The van der Waals surface area contributed by atoms with Gasteiger partial charge in [0.1, 0.15) is 5.75 Å². The quantitative estimate of drug-likeness (QED) is 0.837. The van der Waals surface area contributed by atoms with Crippen molar-refractivity contribution < 1.29 is 9.90 Å². The minimum atomic E-state index is -0.0682. The van der Waals surface area contributed by atoms with Crippen LogP contribution in [0.1, 0.15) is 27.2 Å². The van der Waals surface area contributed by atoms with Crippen LogP contribution in [0, 0.1) is 6.92 Å². The zero-order valence-corrected chi connectivity index (χ0v) is 11.8. The van der Waals surface area contributed by atoms with Gasteiger partial charge in [0, 0.05) is 13.1 Å². The summed E-state index contributed by atoms with van der Waals surface area (Å²) in [4.78, 5) is 18.5. The number of hydrogen-bond acceptors (Lipinski definition) is 4. The molecule has 2 heterocycles. The summed E-state index contributed by atoms with van der Waals surface area (Å²) in [6.07, 6.45) is 2.34. The van der Waals surface area contributed by atoms with E-state index in [1.54, 1.807) is 36.2 Å². The molecular weight excluding hydrogens is 266 g/mol. The topological polar surface area (TPSA) is 79.5 Å². The van der Waals surface area contributed by atoms with Crippen LogP contribution in [-0.4, -0.2) is 27.4 Å². The summed E-state index contributed by atoms with van der Waals surface area (Å²) < 4.78 is 0. The minimum Gasteiger partial charge on any atom is -0.508 e. The van der Waals surface area contributed by atoms with Gasteiger partial charge >= 0.3 is 0 Å². The highest BCUT2D eigenvalue weighted by atomic mass is 16.3. The molecule has 5 nitrogen and oxygen atoms in total. The molecule has 0 fully saturated rings. The van der Waals surface area contributed by atoms with Crippen LogP contribution >= 0.6 is 0 Å². The number of benzene rings is 1. The molecule has 108 valence electrons. The van der Waals surface area contributed by atoms with Crippen molar-refractivity contribution in [2.45, 2.75) is 19.9 Å². The Morgan fingerprint density at radius 1 is 1.33 bits per heavy atom. The Morgan fingerprint density at radius 3 is 2.95 bits per heavy atom. The third kappa shape index (κ3) is 2.54. The van der Waals surface area contributed by atoms with Crippen LogP contribution in [0.2, 0.25) is 0 Å². The van der Waals surface area contributed by atoms with Crippen molar-refractivity contribution in [3.8, 4) is 5.75 Å². The first-order chi connectivity index (χ1) is 10.0. The molecule has 21 heavy (non-hydrogen) atoms. The van der Waals surface area contributed by atoms with E-state index in [1.165, 1.54) is 5.56 Å². The highest BCUT2D eigenvalue weighted by molar-refractivity contribution is 5.96. The summed E-state index contributed by atoms with van der Waals surface area (Å²) >= 11 is 0. The van der Waals surface area contributed by atoms with Crippen LogP contribution in [0.25, 0.3) is 0 Å². The number of amides is 1. The lowest BCUT2D eigenvalue weighted by molar-refractivity contribution is 0.0733. The van der Waals surface area contributed by atoms with Crippen LogP contribution in [0.4, 0.5) is 5.69 Å². The van der Waals surface area contributed by atoms with E-state index >= 15 is 0 Å². The number of aryl methyl sites for hydroxylation is 1. The number of hydrogen-bond donors (Lipinski definition) is 2. The molecule has 1 aliphatic rings. The molecule has 0 saturated carbocycles. The van der Waals surface area contributed by atoms with Crippen LogP contribution in [0.3, 0.4) is 0 Å². The second kappa shape index (κ2) is 5.09. The number of nitrogens with zero attached hydrogens (tertiary/aromatic N) is 2. The van der Waals surface area contributed by atoms with Gasteiger partial charge in [-0.3, -0.25) is 9.78 Å². The number of carbonyl (C=O) groups is 1. The first kappa shape index (κ1) is 13.4. The highest BCUT2D eigenvalue weighted by Crippen LogP contribution is 2.24. The number of aromatic hydroxyl groups is 1. The molecule has 3 N–H and O–H groups in total. The second-order valence-corrected chi connectivity index (χ2v) is 5.33. The van der Waals surface area contributed by atoms with Crippen molar-refractivity contribution in [2.75, 3.05) is 12.3 Å². The van der Waals surface area contributed by atoms with E-state index in [9.17, 15) is 9.90 Å². The van der Waals surface area contributed by atoms with Gasteiger partial charge in [0.2, 0.25) is 0 Å². The molecule has 0 aliphatic carbocycles. The Hall–Kier alpha value is -2.56. The Kier molecular flexibility index (Phi) is 3.25. The van der Waals surface area contributed by atoms with Gasteiger partial charge in [-0.25, -0.2) is 0 Å². The number of nitrogen functional groups attached to an aromatic ring is 1. The smallest absolute Gasteiger partial charge is 0.256 e. The summed E-state index contributed by atoms with van der Waals surface area (Å²) in [5.41, 5.74) is 9.60. The first-order valence-corrected chi connectivity index (χ1v) is 6.87. The summed E-state index contributed by atoms with van der Waals surface area (Å²) in [7, 11) is 0. The standard InChI is InChI=1S/C16H17N3O2/c1-10-15(7-13(17)8-18-10)16(21)19-5-4-11-2-3-14(20)6-12(11)9-19/h2-3,6-8,20H,4-5,9,17H2,1H3. The third-order valence-electron chi connectivity index (χ3n) is 3.83. The predicted octanol–water partition coefficient (Wildman–Crippen LogP) is 1.88. The average molecular weight is 283 g/mol. The largest absolute Gasteiger partial charge is 0.508 e. The monoisotopic (exact) mass is 283 g/mol. The fourth-order valence-electron chi connectivity index (χ4n) is 2.65. The molecule has 1 aliphatic heterocycles. The van der Waals surface area contributed by atoms with E-state index in [-0.39, 0.29) is 11.7 Å². The summed E-state index contributed by atoms with van der Waals surface area (Å²) in [5, 5.41) is 9.58. The van der Waals surface area contributed by atoms with Gasteiger partial charge in [-0.05, 0) is 42.7 Å². The molecule has 0 radical (unpaired) electrons. The number of carbonyl (C=O) groups excluding carboxylic acids is 1. The molecule has 0 atom stereocenters. The fraction of sp³-hybridized carbons (Fsp3) is 0.250. The third-order valence-corrected chi connectivity index (χ3v) is 3.83. The van der Waals surface area contributed by atoms with Gasteiger partial charge in [0.05, 0.1) is 23.1 Å². The molecule has 1 aromatic carbocycles. The lowest BCUT2D eigenvalue weighted by Gasteiger charge is -2.29. The number of rotatable bonds is 1. The van der Waals surface area contributed by atoms with E-state index < -0.39 is 0 Å². The molecule has 0 spiro atoms. The molecule has 0 saturated heterocycles. The summed E-state index contributed by atoms with van der Waals surface area (Å²) in [6, 6.07) is 6.99. The highest BCUT2D eigenvalue weighted by Gasteiger charge is 2.23. The van der Waals surface area contributed by atoms with E-state index in [0.29, 0.717) is 30.0 Å². The molecule has 2 aromatic rings. The Labute approximate surface area is 123 Å². The maximum absolute atomic E-state index is 12.6. The normalized spacial score (nSPS) is 13.9. The Bertz CT molecular complexity index is 713. The summed E-state index contributed by atoms with van der Waals surface area (Å²) in [5.74, 6) is 0.158. The van der Waals surface area contributed by atoms with Gasteiger partial charge in [-0.15, -0.1) is 0 Å². The van der Waals surface area contributed by atoms with E-state index in [2.05, 4.69) is 4.98 Å². The van der Waals surface area contributed by atoms with Gasteiger partial charge in [0.15, 0.2) is 0 Å². The van der Waals surface area contributed by atoms with E-state index in [1.807, 2.05) is 6.07 Å². The molecule has 3 rings (SSSR count). The maximum atomic E-state index is 12.6. The number of pyridine rings is 1. The van der Waals surface area contributed by atoms with Crippen LogP contribution in [0.15, 0.2) is 30.5 Å². The van der Waals surface area contributed by atoms with Crippen LogP contribution in [0.5, 0.6) is 5.75 Å². The number of anilines is 1. The lowest BCUT2D eigenvalue weighted by Crippen LogP contribution is -2.36. The van der Waals surface area contributed by atoms with Gasteiger partial charge < -0.3 is 15.7 Å². The minimum absolute atomic E-state index is 0.0682. The molecule has 0 bridgehead atoms. The van der Waals surface area contributed by atoms with Crippen molar-refractivity contribution >= 4 is 11.6 Å². The molecule has 5 heteroatoms. The van der Waals surface area contributed by atoms with Crippen LogP contribution in [-0.2, 0) is 13.0 Å². The van der Waals surface area contributed by atoms with E-state index in [4.69, 9.17) is 5.73 Å². The van der Waals surface area contributed by atoms with Gasteiger partial charge in [-0.2, -0.15) is 0 Å². The van der Waals surface area contributed by atoms with Crippen molar-refractivity contribution in [3.05, 3.63) is 52.8 Å². The van der Waals surface area contributed by atoms with Crippen molar-refractivity contribution in [2.24, 2.45) is 0 Å². The number of aromatic nitrogens is 1. The van der Waals surface area contributed by atoms with E-state index in [0.717, 1.165) is 12.0 Å². The number of phenols is 1. The Balaban J connectivity index is 1.88. The zero-order valence-electron chi connectivity index (χ0n) is 11.8. The number of phenolic OH excluding ortho intramolecular Hbond substituents is 1. The predicted molar refractivity (Wildman–Crippen MR) is 79.9 cm³/mol. The average Bonchev–Trinajstić information content (AvgIpc) is 2.48. The number of nitrogens with two attached hydrogens (primary N) is 1. The first-order valence-electron chi connectivity index (χ1n) is 6.87. The SMILES string of the molecule is Cc1ncc(N)cc1C(=O)N1CCc2ccc(O)cc2C1. The second-order valence-electron chi connectivity index (χ2n) is 5.33. The van der Waals surface area contributed by atoms with Gasteiger partial charge in [0.25, 0.3) is 5.91 Å². The maximum Gasteiger partial charge on any atom is 0.256 e. The van der Waals surface area contributed by atoms with Gasteiger partial charge in [-0.1, -0.05) is 6.07 Å². The molecule has 1 aromatic heterocycles. The number of fused-ring (bicyclic) bond motifs is 1. The summed E-state index contributed by atoms with van der Waals surface area (Å²) in [6.45, 7) is 2.96. The van der Waals surface area contributed by atoms with Crippen molar-refractivity contribution in [1.29, 1.82) is 0 Å². The fourth-order valence-corrected chi connectivity index (χ4v) is 2.65. The Morgan fingerprint density at radius 2 is 2.14 bits per heavy atom. The van der Waals surface area contributed by atoms with Crippen LogP contribution < -0.4 is 5.73 Å². The molecule has 0 unspecified atom stereocenters. The lowest BCUT2D eigenvalue weighted by atomic mass is 9.98.